The molecule has 1 aliphatic carbocycles. The maximum Gasteiger partial charge on any atom is 0.274 e. The maximum atomic E-state index is 10.9. The van der Waals surface area contributed by atoms with E-state index < -0.39 is 10.5 Å². The Kier molecular flexibility index (Phi) is 3.35. The lowest BCUT2D eigenvalue weighted by Gasteiger charge is -2.36. The molecule has 2 rings (SSSR count). The lowest BCUT2D eigenvalue weighted by atomic mass is 9.76. The topological polar surface area (TPSA) is 63.4 Å². The molecule has 1 aliphatic rings. The fourth-order valence-corrected chi connectivity index (χ4v) is 2.42. The highest BCUT2D eigenvalue weighted by molar-refractivity contribution is 6.31. The first-order chi connectivity index (χ1) is 8.02. The van der Waals surface area contributed by atoms with Crippen molar-refractivity contribution in [3.63, 3.8) is 0 Å². The Balaban J connectivity index is 2.16. The number of nitro benzene ring substituents is 1. The minimum absolute atomic E-state index is 0.0421. The van der Waals surface area contributed by atoms with Gasteiger partial charge in [0.05, 0.1) is 15.5 Å². The fraction of sp³-hybridized carbons (Fsp3) is 0.500. The first kappa shape index (κ1) is 12.3. The van der Waals surface area contributed by atoms with Crippen molar-refractivity contribution in [1.29, 1.82) is 0 Å². The number of nitro groups is 1. The number of hydrogen-bond acceptors (Lipinski definition) is 3. The SMILES string of the molecule is O=[N+]([O-])c1cccc(Cl)c1CCC1(O)CCC1. The second-order valence-electron chi connectivity index (χ2n) is 4.57. The summed E-state index contributed by atoms with van der Waals surface area (Å²) in [5.41, 5.74) is -0.0625. The number of aliphatic hydroxyl groups is 1. The van der Waals surface area contributed by atoms with Crippen molar-refractivity contribution in [2.24, 2.45) is 0 Å². The van der Waals surface area contributed by atoms with E-state index in [1.54, 1.807) is 12.1 Å². The molecule has 1 N–H and O–H groups in total. The molecule has 0 bridgehead atoms. The molecule has 0 saturated heterocycles. The van der Waals surface area contributed by atoms with Gasteiger partial charge in [-0.05, 0) is 38.2 Å². The summed E-state index contributed by atoms with van der Waals surface area (Å²) in [5, 5.41) is 21.2. The summed E-state index contributed by atoms with van der Waals surface area (Å²) in [7, 11) is 0. The largest absolute Gasteiger partial charge is 0.390 e. The van der Waals surface area contributed by atoms with E-state index in [0.717, 1.165) is 19.3 Å². The van der Waals surface area contributed by atoms with Gasteiger partial charge in [0.1, 0.15) is 0 Å². The van der Waals surface area contributed by atoms with Crippen molar-refractivity contribution in [2.45, 2.75) is 37.7 Å². The van der Waals surface area contributed by atoms with E-state index >= 15 is 0 Å². The Morgan fingerprint density at radius 1 is 1.47 bits per heavy atom. The summed E-state index contributed by atoms with van der Waals surface area (Å²) < 4.78 is 0. The molecule has 0 unspecified atom stereocenters. The van der Waals surface area contributed by atoms with Crippen molar-refractivity contribution in [3.05, 3.63) is 38.9 Å². The molecule has 0 aromatic heterocycles. The number of rotatable bonds is 4. The zero-order valence-corrected chi connectivity index (χ0v) is 10.1. The van der Waals surface area contributed by atoms with Gasteiger partial charge in [-0.15, -0.1) is 0 Å². The van der Waals surface area contributed by atoms with Crippen LogP contribution in [0.25, 0.3) is 0 Å². The fourth-order valence-electron chi connectivity index (χ4n) is 2.16. The predicted octanol–water partition coefficient (Wildman–Crippen LogP) is 3.10. The van der Waals surface area contributed by atoms with Crippen LogP contribution in [0.4, 0.5) is 5.69 Å². The quantitative estimate of drug-likeness (QED) is 0.664. The van der Waals surface area contributed by atoms with Crippen molar-refractivity contribution >= 4 is 17.3 Å². The molecular weight excluding hydrogens is 242 g/mol. The molecule has 1 saturated carbocycles. The highest BCUT2D eigenvalue weighted by Crippen LogP contribution is 2.37. The molecule has 4 nitrogen and oxygen atoms in total. The van der Waals surface area contributed by atoms with Crippen LogP contribution in [-0.2, 0) is 6.42 Å². The van der Waals surface area contributed by atoms with Gasteiger partial charge in [-0.3, -0.25) is 10.1 Å². The molecule has 1 fully saturated rings. The minimum atomic E-state index is -0.632. The average molecular weight is 256 g/mol. The van der Waals surface area contributed by atoms with E-state index in [0.29, 0.717) is 23.4 Å². The van der Waals surface area contributed by atoms with Gasteiger partial charge in [0.15, 0.2) is 0 Å². The van der Waals surface area contributed by atoms with Gasteiger partial charge in [-0.25, -0.2) is 0 Å². The van der Waals surface area contributed by atoms with Crippen LogP contribution in [0.2, 0.25) is 5.02 Å². The minimum Gasteiger partial charge on any atom is -0.390 e. The molecule has 0 radical (unpaired) electrons. The predicted molar refractivity (Wildman–Crippen MR) is 65.2 cm³/mol. The molecule has 92 valence electrons. The van der Waals surface area contributed by atoms with Crippen molar-refractivity contribution in [3.8, 4) is 0 Å². The Morgan fingerprint density at radius 3 is 2.71 bits per heavy atom. The molecule has 0 aliphatic heterocycles. The summed E-state index contributed by atoms with van der Waals surface area (Å²) in [4.78, 5) is 10.4. The third-order valence-electron chi connectivity index (χ3n) is 3.42. The number of benzene rings is 1. The second kappa shape index (κ2) is 4.63. The van der Waals surface area contributed by atoms with Gasteiger partial charge in [0.25, 0.3) is 5.69 Å². The van der Waals surface area contributed by atoms with Crippen LogP contribution in [0.3, 0.4) is 0 Å². The lowest BCUT2D eigenvalue weighted by molar-refractivity contribution is -0.385. The standard InChI is InChI=1S/C12H14ClNO3/c13-10-3-1-4-11(14(16)17)9(10)5-8-12(15)6-2-7-12/h1,3-4,15H,2,5-8H2. The molecule has 0 atom stereocenters. The van der Waals surface area contributed by atoms with Crippen LogP contribution in [0.5, 0.6) is 0 Å². The van der Waals surface area contributed by atoms with Crippen molar-refractivity contribution in [1.82, 2.24) is 0 Å². The van der Waals surface area contributed by atoms with E-state index in [1.165, 1.54) is 6.07 Å². The van der Waals surface area contributed by atoms with Crippen molar-refractivity contribution < 1.29 is 10.0 Å². The summed E-state index contributed by atoms with van der Waals surface area (Å²) >= 11 is 5.98. The van der Waals surface area contributed by atoms with Gasteiger partial charge in [-0.1, -0.05) is 17.7 Å². The maximum absolute atomic E-state index is 10.9. The molecule has 17 heavy (non-hydrogen) atoms. The second-order valence-corrected chi connectivity index (χ2v) is 4.98. The van der Waals surface area contributed by atoms with Gasteiger partial charge in [0, 0.05) is 11.6 Å². The summed E-state index contributed by atoms with van der Waals surface area (Å²) in [6, 6.07) is 4.67. The molecule has 5 heteroatoms. The van der Waals surface area contributed by atoms with Gasteiger partial charge >= 0.3 is 0 Å². The van der Waals surface area contributed by atoms with Gasteiger partial charge < -0.3 is 5.11 Å². The van der Waals surface area contributed by atoms with E-state index in [4.69, 9.17) is 11.6 Å². The molecule has 0 spiro atoms. The van der Waals surface area contributed by atoms with Gasteiger partial charge in [0.2, 0.25) is 0 Å². The monoisotopic (exact) mass is 255 g/mol. The highest BCUT2D eigenvalue weighted by atomic mass is 35.5. The lowest BCUT2D eigenvalue weighted by Crippen LogP contribution is -2.37. The zero-order chi connectivity index (χ0) is 12.5. The average Bonchev–Trinajstić information content (AvgIpc) is 2.24. The van der Waals surface area contributed by atoms with Crippen LogP contribution in [0.15, 0.2) is 18.2 Å². The van der Waals surface area contributed by atoms with E-state index in [2.05, 4.69) is 0 Å². The molecule has 0 heterocycles. The summed E-state index contributed by atoms with van der Waals surface area (Å²) in [5.74, 6) is 0. The summed E-state index contributed by atoms with van der Waals surface area (Å²) in [6.45, 7) is 0. The van der Waals surface area contributed by atoms with E-state index in [1.807, 2.05) is 0 Å². The molecule has 1 aromatic carbocycles. The number of nitrogens with zero attached hydrogens (tertiary/aromatic N) is 1. The van der Waals surface area contributed by atoms with Crippen LogP contribution < -0.4 is 0 Å². The van der Waals surface area contributed by atoms with Crippen LogP contribution in [-0.4, -0.2) is 15.6 Å². The van der Waals surface area contributed by atoms with Crippen molar-refractivity contribution in [2.75, 3.05) is 0 Å². The Bertz CT molecular complexity index is 443. The third kappa shape index (κ3) is 2.58. The van der Waals surface area contributed by atoms with Crippen LogP contribution in [0.1, 0.15) is 31.2 Å². The normalized spacial score (nSPS) is 17.5. The first-order valence-electron chi connectivity index (χ1n) is 5.66. The van der Waals surface area contributed by atoms with E-state index in [9.17, 15) is 15.2 Å². The molecular formula is C12H14ClNO3. The first-order valence-corrected chi connectivity index (χ1v) is 6.04. The number of hydrogen-bond donors (Lipinski definition) is 1. The van der Waals surface area contributed by atoms with E-state index in [-0.39, 0.29) is 5.69 Å². The molecule has 0 amide bonds. The zero-order valence-electron chi connectivity index (χ0n) is 9.36. The molecule has 1 aromatic rings. The third-order valence-corrected chi connectivity index (χ3v) is 3.77. The van der Waals surface area contributed by atoms with Crippen LogP contribution >= 0.6 is 11.6 Å². The van der Waals surface area contributed by atoms with Crippen LogP contribution in [0, 0.1) is 10.1 Å². The Hall–Kier alpha value is -1.13. The van der Waals surface area contributed by atoms with Gasteiger partial charge in [-0.2, -0.15) is 0 Å². The highest BCUT2D eigenvalue weighted by Gasteiger charge is 2.34. The number of halogens is 1. The smallest absolute Gasteiger partial charge is 0.274 e. The Labute approximate surface area is 104 Å². The Morgan fingerprint density at radius 2 is 2.18 bits per heavy atom. The summed E-state index contributed by atoms with van der Waals surface area (Å²) in [6.07, 6.45) is 3.58.